The van der Waals surface area contributed by atoms with Crippen LogP contribution >= 0.6 is 23.2 Å². The third kappa shape index (κ3) is 2.44. The van der Waals surface area contributed by atoms with E-state index in [9.17, 15) is 0 Å². The molecule has 108 valence electrons. The van der Waals surface area contributed by atoms with Crippen LogP contribution in [-0.2, 0) is 6.54 Å². The van der Waals surface area contributed by atoms with Crippen molar-refractivity contribution in [1.82, 2.24) is 4.57 Å². The van der Waals surface area contributed by atoms with Gasteiger partial charge in [0.15, 0.2) is 0 Å². The van der Waals surface area contributed by atoms with Crippen LogP contribution in [0.1, 0.15) is 5.69 Å². The summed E-state index contributed by atoms with van der Waals surface area (Å²) in [6.07, 6.45) is 0. The van der Waals surface area contributed by atoms with Gasteiger partial charge in [0, 0.05) is 50.9 Å². The molecule has 3 aromatic rings. The molecule has 2 N–H and O–H groups in total. The van der Waals surface area contributed by atoms with Crippen molar-refractivity contribution in [3.63, 3.8) is 0 Å². The molecule has 21 heavy (non-hydrogen) atoms. The van der Waals surface area contributed by atoms with Crippen LogP contribution in [0.5, 0.6) is 0 Å². The predicted molar refractivity (Wildman–Crippen MR) is 91.2 cm³/mol. The lowest BCUT2D eigenvalue weighted by Crippen LogP contribution is -2.10. The summed E-state index contributed by atoms with van der Waals surface area (Å²) in [6, 6.07) is 13.8. The van der Waals surface area contributed by atoms with Crippen LogP contribution < -0.4 is 5.73 Å². The fourth-order valence-corrected chi connectivity index (χ4v) is 3.28. The molecule has 2 nitrogen and oxygen atoms in total. The number of halogens is 2. The van der Waals surface area contributed by atoms with Crippen LogP contribution in [0.4, 0.5) is 0 Å². The molecule has 0 aliphatic rings. The van der Waals surface area contributed by atoms with Gasteiger partial charge in [-0.05, 0) is 31.2 Å². The predicted octanol–water partition coefficient (Wildman–Crippen LogP) is 4.88. The zero-order valence-corrected chi connectivity index (χ0v) is 13.2. The molecule has 0 aliphatic heterocycles. The Morgan fingerprint density at radius 3 is 2.57 bits per heavy atom. The quantitative estimate of drug-likeness (QED) is 0.733. The van der Waals surface area contributed by atoms with Crippen LogP contribution in [0.15, 0.2) is 42.5 Å². The van der Waals surface area contributed by atoms with Crippen molar-refractivity contribution in [3.8, 4) is 11.1 Å². The van der Waals surface area contributed by atoms with Crippen molar-refractivity contribution in [3.05, 3.63) is 58.2 Å². The van der Waals surface area contributed by atoms with Gasteiger partial charge in [0.25, 0.3) is 0 Å². The first kappa shape index (κ1) is 14.5. The minimum absolute atomic E-state index is 0.592. The SMILES string of the molecule is Cc1c(-c2ccccc2Cl)c2cc(Cl)ccc2n1CCN. The maximum absolute atomic E-state index is 6.39. The lowest BCUT2D eigenvalue weighted by atomic mass is 10.0. The van der Waals surface area contributed by atoms with Gasteiger partial charge in [-0.25, -0.2) is 0 Å². The third-order valence-corrected chi connectivity index (χ3v) is 4.35. The second-order valence-electron chi connectivity index (χ2n) is 5.04. The second kappa shape index (κ2) is 5.72. The maximum atomic E-state index is 6.39. The lowest BCUT2D eigenvalue weighted by molar-refractivity contribution is 0.716. The Hall–Kier alpha value is -1.48. The van der Waals surface area contributed by atoms with Crippen LogP contribution in [0.3, 0.4) is 0 Å². The summed E-state index contributed by atoms with van der Waals surface area (Å²) >= 11 is 12.6. The molecule has 0 amide bonds. The van der Waals surface area contributed by atoms with E-state index in [1.807, 2.05) is 42.5 Å². The van der Waals surface area contributed by atoms with E-state index in [0.717, 1.165) is 44.3 Å². The monoisotopic (exact) mass is 318 g/mol. The van der Waals surface area contributed by atoms with Gasteiger partial charge >= 0.3 is 0 Å². The van der Waals surface area contributed by atoms with E-state index in [-0.39, 0.29) is 0 Å². The van der Waals surface area contributed by atoms with Gasteiger partial charge in [-0.3, -0.25) is 0 Å². The molecule has 0 radical (unpaired) electrons. The van der Waals surface area contributed by atoms with Gasteiger partial charge in [0.2, 0.25) is 0 Å². The van der Waals surface area contributed by atoms with Crippen LogP contribution in [0.2, 0.25) is 10.0 Å². The number of benzene rings is 2. The third-order valence-electron chi connectivity index (χ3n) is 3.78. The highest BCUT2D eigenvalue weighted by Crippen LogP contribution is 2.38. The largest absolute Gasteiger partial charge is 0.343 e. The number of aromatic nitrogens is 1. The molecule has 0 bridgehead atoms. The van der Waals surface area contributed by atoms with Gasteiger partial charge in [-0.15, -0.1) is 0 Å². The Bertz CT molecular complexity index is 806. The molecule has 0 unspecified atom stereocenters. The topological polar surface area (TPSA) is 30.9 Å². The minimum atomic E-state index is 0.592. The summed E-state index contributed by atoms with van der Waals surface area (Å²) in [6.45, 7) is 3.46. The van der Waals surface area contributed by atoms with E-state index in [1.165, 1.54) is 0 Å². The van der Waals surface area contributed by atoms with Crippen LogP contribution in [0, 0.1) is 6.92 Å². The maximum Gasteiger partial charge on any atom is 0.0490 e. The van der Waals surface area contributed by atoms with Crippen molar-refractivity contribution in [2.45, 2.75) is 13.5 Å². The summed E-state index contributed by atoms with van der Waals surface area (Å²) in [5, 5.41) is 2.58. The van der Waals surface area contributed by atoms with Crippen LogP contribution in [-0.4, -0.2) is 11.1 Å². The van der Waals surface area contributed by atoms with Gasteiger partial charge in [0.05, 0.1) is 0 Å². The molecule has 2 aromatic carbocycles. The van der Waals surface area contributed by atoms with Gasteiger partial charge in [-0.1, -0.05) is 41.4 Å². The molecule has 0 spiro atoms. The molecule has 1 heterocycles. The van der Waals surface area contributed by atoms with Crippen molar-refractivity contribution in [2.75, 3.05) is 6.54 Å². The molecular weight excluding hydrogens is 303 g/mol. The standard InChI is InChI=1S/C17H16Cl2N2/c1-11-17(13-4-2-3-5-15(13)19)14-10-12(18)6-7-16(14)21(11)9-8-20/h2-7,10H,8-9,20H2,1H3. The Balaban J connectivity index is 2.39. The van der Waals surface area contributed by atoms with Crippen molar-refractivity contribution < 1.29 is 0 Å². The zero-order chi connectivity index (χ0) is 15.0. The number of rotatable bonds is 3. The smallest absolute Gasteiger partial charge is 0.0490 e. The van der Waals surface area contributed by atoms with E-state index in [1.54, 1.807) is 0 Å². The van der Waals surface area contributed by atoms with Gasteiger partial charge in [-0.2, -0.15) is 0 Å². The zero-order valence-electron chi connectivity index (χ0n) is 11.7. The van der Waals surface area contributed by atoms with Gasteiger partial charge < -0.3 is 10.3 Å². The van der Waals surface area contributed by atoms with E-state index in [0.29, 0.717) is 6.54 Å². The lowest BCUT2D eigenvalue weighted by Gasteiger charge is -2.08. The molecule has 0 saturated heterocycles. The Morgan fingerprint density at radius 2 is 1.86 bits per heavy atom. The van der Waals surface area contributed by atoms with E-state index in [4.69, 9.17) is 28.9 Å². The molecule has 0 aliphatic carbocycles. The fourth-order valence-electron chi connectivity index (χ4n) is 2.88. The van der Waals surface area contributed by atoms with Gasteiger partial charge in [0.1, 0.15) is 0 Å². The Kier molecular flexibility index (Phi) is 3.94. The molecule has 1 aromatic heterocycles. The average Bonchev–Trinajstić information content (AvgIpc) is 2.72. The van der Waals surface area contributed by atoms with E-state index < -0.39 is 0 Å². The molecule has 0 fully saturated rings. The summed E-state index contributed by atoms with van der Waals surface area (Å²) in [4.78, 5) is 0. The second-order valence-corrected chi connectivity index (χ2v) is 5.89. The van der Waals surface area contributed by atoms with Crippen molar-refractivity contribution >= 4 is 34.1 Å². The fraction of sp³-hybridized carbons (Fsp3) is 0.176. The first-order valence-corrected chi connectivity index (χ1v) is 7.62. The molecule has 4 heteroatoms. The summed E-state index contributed by atoms with van der Waals surface area (Å²) in [7, 11) is 0. The van der Waals surface area contributed by atoms with Crippen molar-refractivity contribution in [1.29, 1.82) is 0 Å². The Morgan fingerprint density at radius 1 is 1.10 bits per heavy atom. The highest BCUT2D eigenvalue weighted by Gasteiger charge is 2.17. The molecule has 0 atom stereocenters. The van der Waals surface area contributed by atoms with Crippen molar-refractivity contribution in [2.24, 2.45) is 5.73 Å². The number of nitrogens with two attached hydrogens (primary N) is 1. The first-order valence-electron chi connectivity index (χ1n) is 6.87. The first-order chi connectivity index (χ1) is 10.1. The normalized spacial score (nSPS) is 11.2. The average molecular weight is 319 g/mol. The Labute approximate surface area is 134 Å². The number of fused-ring (bicyclic) bond motifs is 1. The highest BCUT2D eigenvalue weighted by molar-refractivity contribution is 6.34. The summed E-state index contributed by atoms with van der Waals surface area (Å²) in [5.41, 5.74) is 10.2. The summed E-state index contributed by atoms with van der Waals surface area (Å²) < 4.78 is 2.23. The molecule has 3 rings (SSSR count). The molecular formula is C17H16Cl2N2. The minimum Gasteiger partial charge on any atom is -0.343 e. The number of nitrogens with zero attached hydrogens (tertiary/aromatic N) is 1. The molecule has 0 saturated carbocycles. The summed E-state index contributed by atoms with van der Waals surface area (Å²) in [5.74, 6) is 0. The number of hydrogen-bond donors (Lipinski definition) is 1. The number of hydrogen-bond acceptors (Lipinski definition) is 1. The van der Waals surface area contributed by atoms with Crippen LogP contribution in [0.25, 0.3) is 22.0 Å². The van der Waals surface area contributed by atoms with E-state index in [2.05, 4.69) is 11.5 Å². The van der Waals surface area contributed by atoms with E-state index >= 15 is 0 Å². The highest BCUT2D eigenvalue weighted by atomic mass is 35.5.